The van der Waals surface area contributed by atoms with E-state index in [0.29, 0.717) is 23.4 Å². The van der Waals surface area contributed by atoms with E-state index in [2.05, 4.69) is 20.2 Å². The van der Waals surface area contributed by atoms with Gasteiger partial charge in [-0.3, -0.25) is 9.59 Å². The minimum atomic E-state index is -4.10. The second-order valence-electron chi connectivity index (χ2n) is 7.84. The molecule has 0 unspecified atom stereocenters. The number of aliphatic carboxylic acids is 1. The number of carboxylic acid groups (broad SMARTS) is 1. The highest BCUT2D eigenvalue weighted by atomic mass is 32.2. The lowest BCUT2D eigenvalue weighted by Gasteiger charge is -2.17. The van der Waals surface area contributed by atoms with Gasteiger partial charge in [-0.2, -0.15) is 4.72 Å². The maximum Gasteiger partial charge on any atom is 0.323 e. The van der Waals surface area contributed by atoms with E-state index < -0.39 is 40.6 Å². The third kappa shape index (κ3) is 7.01. The van der Waals surface area contributed by atoms with E-state index in [1.54, 1.807) is 43.3 Å². The van der Waals surface area contributed by atoms with Crippen molar-refractivity contribution in [1.29, 1.82) is 0 Å². The first kappa shape index (κ1) is 25.6. The zero-order chi connectivity index (χ0) is 25.6. The predicted molar refractivity (Wildman–Crippen MR) is 128 cm³/mol. The van der Waals surface area contributed by atoms with Crippen LogP contribution in [0.15, 0.2) is 63.6 Å². The second kappa shape index (κ2) is 11.0. The zero-order valence-corrected chi connectivity index (χ0v) is 19.7. The number of hydrogen-bond donors (Lipinski definition) is 5. The van der Waals surface area contributed by atoms with E-state index in [-0.39, 0.29) is 17.3 Å². The number of nitrogens with one attached hydrogen (secondary N) is 2. The molecule has 1 aliphatic heterocycles. The highest BCUT2D eigenvalue weighted by Gasteiger charge is 2.28. The van der Waals surface area contributed by atoms with Crippen LogP contribution in [0.5, 0.6) is 0 Å². The van der Waals surface area contributed by atoms with Crippen molar-refractivity contribution in [2.45, 2.75) is 36.8 Å². The standard InChI is InChI=1S/C22H26N6O6S/c1-13-4-2-3-5-19(13)35(32,33)28-18(21(30)31)12-25-20(29)11-16-10-17(27-34-16)14-6-8-15(9-7-14)26-22(23)24/h2-9,16,18,28H,10-12H2,1H3,(H,25,29)(H,30,31)(H4,23,24,26)/t16-,18+/m1/s1. The Labute approximate surface area is 202 Å². The maximum atomic E-state index is 12.6. The molecule has 7 N–H and O–H groups in total. The minimum Gasteiger partial charge on any atom is -0.480 e. The number of nitrogens with two attached hydrogens (primary N) is 2. The number of rotatable bonds is 10. The van der Waals surface area contributed by atoms with Gasteiger partial charge in [0.25, 0.3) is 0 Å². The fraction of sp³-hybridized carbons (Fsp3) is 0.273. The number of aryl methyl sites for hydroxylation is 1. The van der Waals surface area contributed by atoms with E-state index in [0.717, 1.165) is 5.56 Å². The predicted octanol–water partition coefficient (Wildman–Crippen LogP) is 0.331. The number of carbonyl (C=O) groups is 2. The van der Waals surface area contributed by atoms with Crippen molar-refractivity contribution in [2.75, 3.05) is 6.54 Å². The molecule has 2 aromatic carbocycles. The summed E-state index contributed by atoms with van der Waals surface area (Å²) in [6, 6.07) is 11.6. The molecule has 0 bridgehead atoms. The quantitative estimate of drug-likeness (QED) is 0.226. The van der Waals surface area contributed by atoms with Gasteiger partial charge in [-0.05, 0) is 36.2 Å². The summed E-state index contributed by atoms with van der Waals surface area (Å²) in [6.45, 7) is 1.16. The van der Waals surface area contributed by atoms with Gasteiger partial charge in [0.15, 0.2) is 5.96 Å². The van der Waals surface area contributed by atoms with Crippen LogP contribution in [0, 0.1) is 6.92 Å². The van der Waals surface area contributed by atoms with Gasteiger partial charge in [0.2, 0.25) is 15.9 Å². The lowest BCUT2D eigenvalue weighted by Crippen LogP contribution is -2.48. The minimum absolute atomic E-state index is 0.0343. The summed E-state index contributed by atoms with van der Waals surface area (Å²) in [5, 5.41) is 15.9. The van der Waals surface area contributed by atoms with Gasteiger partial charge >= 0.3 is 5.97 Å². The van der Waals surface area contributed by atoms with Crippen molar-refractivity contribution in [3.63, 3.8) is 0 Å². The molecular formula is C22H26N6O6S. The SMILES string of the molecule is Cc1ccccc1S(=O)(=O)N[C@@H](CNC(=O)C[C@H]1CC(c2ccc(N=C(N)N)cc2)=NO1)C(=O)O. The van der Waals surface area contributed by atoms with Gasteiger partial charge < -0.3 is 26.7 Å². The van der Waals surface area contributed by atoms with Crippen LogP contribution in [0.3, 0.4) is 0 Å². The first-order valence-corrected chi connectivity index (χ1v) is 12.0. The molecule has 2 atom stereocenters. The number of aliphatic imine (C=N–C) groups is 1. The highest BCUT2D eigenvalue weighted by Crippen LogP contribution is 2.21. The Morgan fingerprint density at radius 2 is 1.89 bits per heavy atom. The molecule has 35 heavy (non-hydrogen) atoms. The molecule has 1 aliphatic rings. The summed E-state index contributed by atoms with van der Waals surface area (Å²) in [5.74, 6) is -1.98. The van der Waals surface area contributed by atoms with Crippen LogP contribution in [-0.4, -0.2) is 55.8 Å². The van der Waals surface area contributed by atoms with Crippen LogP contribution in [-0.2, 0) is 24.4 Å². The fourth-order valence-corrected chi connectivity index (χ4v) is 4.80. The average Bonchev–Trinajstić information content (AvgIpc) is 3.25. The fourth-order valence-electron chi connectivity index (χ4n) is 3.37. The van der Waals surface area contributed by atoms with Crippen LogP contribution < -0.4 is 21.5 Å². The van der Waals surface area contributed by atoms with Crippen molar-refractivity contribution in [3.8, 4) is 0 Å². The van der Waals surface area contributed by atoms with Crippen molar-refractivity contribution < 1.29 is 28.0 Å². The summed E-state index contributed by atoms with van der Waals surface area (Å²) in [4.78, 5) is 33.2. The van der Waals surface area contributed by atoms with Gasteiger partial charge in [0.05, 0.1) is 22.7 Å². The van der Waals surface area contributed by atoms with Crippen LogP contribution >= 0.6 is 0 Å². The van der Waals surface area contributed by atoms with Crippen molar-refractivity contribution in [3.05, 3.63) is 59.7 Å². The molecule has 186 valence electrons. The number of carboxylic acids is 1. The molecule has 12 nitrogen and oxygen atoms in total. The maximum absolute atomic E-state index is 12.6. The third-order valence-corrected chi connectivity index (χ3v) is 6.72. The van der Waals surface area contributed by atoms with E-state index in [9.17, 15) is 23.1 Å². The lowest BCUT2D eigenvalue weighted by atomic mass is 10.0. The lowest BCUT2D eigenvalue weighted by molar-refractivity contribution is -0.138. The summed E-state index contributed by atoms with van der Waals surface area (Å²) >= 11 is 0. The Bertz CT molecular complexity index is 1260. The molecular weight excluding hydrogens is 476 g/mol. The number of amides is 1. The Balaban J connectivity index is 1.52. The first-order chi connectivity index (χ1) is 16.5. The summed E-state index contributed by atoms with van der Waals surface area (Å²) in [5.41, 5.74) is 13.2. The van der Waals surface area contributed by atoms with Crippen LogP contribution in [0.4, 0.5) is 5.69 Å². The van der Waals surface area contributed by atoms with E-state index in [1.165, 1.54) is 12.1 Å². The Kier molecular flexibility index (Phi) is 8.04. The molecule has 1 heterocycles. The van der Waals surface area contributed by atoms with E-state index in [4.69, 9.17) is 16.3 Å². The number of hydrogen-bond acceptors (Lipinski definition) is 7. The van der Waals surface area contributed by atoms with Gasteiger partial charge in [-0.1, -0.05) is 35.5 Å². The third-order valence-electron chi connectivity index (χ3n) is 5.09. The Morgan fingerprint density at radius 1 is 1.20 bits per heavy atom. The molecule has 13 heteroatoms. The Morgan fingerprint density at radius 3 is 2.51 bits per heavy atom. The number of nitrogens with zero attached hydrogens (tertiary/aromatic N) is 2. The second-order valence-corrected chi connectivity index (χ2v) is 9.52. The largest absolute Gasteiger partial charge is 0.480 e. The molecule has 0 fully saturated rings. The molecule has 3 rings (SSSR count). The van der Waals surface area contributed by atoms with E-state index in [1.807, 2.05) is 0 Å². The number of guanidine groups is 1. The van der Waals surface area contributed by atoms with Gasteiger partial charge in [-0.15, -0.1) is 0 Å². The molecule has 0 aromatic heterocycles. The molecule has 2 aromatic rings. The van der Waals surface area contributed by atoms with Crippen molar-refractivity contribution in [2.24, 2.45) is 21.6 Å². The molecule has 0 aliphatic carbocycles. The van der Waals surface area contributed by atoms with Gasteiger partial charge in [-0.25, -0.2) is 13.4 Å². The van der Waals surface area contributed by atoms with Crippen LogP contribution in [0.25, 0.3) is 0 Å². The molecule has 0 radical (unpaired) electrons. The van der Waals surface area contributed by atoms with Crippen LogP contribution in [0.2, 0.25) is 0 Å². The number of carbonyl (C=O) groups excluding carboxylic acids is 1. The normalized spacial score (nSPS) is 16.0. The number of sulfonamides is 1. The molecule has 0 spiro atoms. The van der Waals surface area contributed by atoms with Crippen molar-refractivity contribution in [1.82, 2.24) is 10.0 Å². The van der Waals surface area contributed by atoms with Crippen LogP contribution in [0.1, 0.15) is 24.0 Å². The van der Waals surface area contributed by atoms with Gasteiger partial charge in [0, 0.05) is 13.0 Å². The number of benzene rings is 2. The monoisotopic (exact) mass is 502 g/mol. The van der Waals surface area contributed by atoms with Gasteiger partial charge in [0.1, 0.15) is 12.1 Å². The molecule has 0 saturated carbocycles. The van der Waals surface area contributed by atoms with E-state index >= 15 is 0 Å². The van der Waals surface area contributed by atoms with Crippen molar-refractivity contribution >= 4 is 39.3 Å². The smallest absolute Gasteiger partial charge is 0.323 e. The molecule has 0 saturated heterocycles. The molecule has 1 amide bonds. The average molecular weight is 503 g/mol. The summed E-state index contributed by atoms with van der Waals surface area (Å²) < 4.78 is 27.3. The highest BCUT2D eigenvalue weighted by molar-refractivity contribution is 7.89. The number of oxime groups is 1. The first-order valence-electron chi connectivity index (χ1n) is 10.6. The Hall–Kier alpha value is -3.97. The summed E-state index contributed by atoms with van der Waals surface area (Å²) in [6.07, 6.45) is -0.276. The zero-order valence-electron chi connectivity index (χ0n) is 18.8. The topological polar surface area (TPSA) is 199 Å². The summed E-state index contributed by atoms with van der Waals surface area (Å²) in [7, 11) is -4.10.